The maximum absolute atomic E-state index is 13.1. The number of hydrogen-bond acceptors (Lipinski definition) is 4. The Kier molecular flexibility index (Phi) is 4.95. The molecule has 0 bridgehead atoms. The Balaban J connectivity index is 2.33. The number of nitro benzene ring substituents is 1. The summed E-state index contributed by atoms with van der Waals surface area (Å²) in [7, 11) is -4.07. The molecule has 0 spiro atoms. The summed E-state index contributed by atoms with van der Waals surface area (Å²) < 4.78 is 40.2. The standard InChI is InChI=1S/C12H14BrFN2O4S/c13-9-3-1-2-4-10(9)15-21(19,20)12-6-5-8(14)7-11(12)16(17)18/h5-7,9-10,15H,1-4H2. The number of nitro groups is 1. The number of hydrogen-bond donors (Lipinski definition) is 1. The molecule has 2 unspecified atom stereocenters. The summed E-state index contributed by atoms with van der Waals surface area (Å²) >= 11 is 3.42. The molecule has 0 radical (unpaired) electrons. The van der Waals surface area contributed by atoms with Crippen LogP contribution in [0.1, 0.15) is 25.7 Å². The van der Waals surface area contributed by atoms with E-state index in [0.717, 1.165) is 31.4 Å². The molecule has 1 aromatic carbocycles. The molecule has 0 heterocycles. The van der Waals surface area contributed by atoms with Gasteiger partial charge in [-0.25, -0.2) is 17.5 Å². The van der Waals surface area contributed by atoms with E-state index in [-0.39, 0.29) is 10.9 Å². The van der Waals surface area contributed by atoms with Crippen molar-refractivity contribution in [2.75, 3.05) is 0 Å². The molecule has 116 valence electrons. The second-order valence-electron chi connectivity index (χ2n) is 4.90. The predicted molar refractivity (Wildman–Crippen MR) is 78.3 cm³/mol. The summed E-state index contributed by atoms with van der Waals surface area (Å²) in [5.41, 5.74) is -0.760. The SMILES string of the molecule is O=[N+]([O-])c1cc(F)ccc1S(=O)(=O)NC1CCCCC1Br. The Morgan fingerprint density at radius 2 is 2.00 bits per heavy atom. The first kappa shape index (κ1) is 16.3. The topological polar surface area (TPSA) is 89.3 Å². The highest BCUT2D eigenvalue weighted by atomic mass is 79.9. The van der Waals surface area contributed by atoms with Gasteiger partial charge in [-0.05, 0) is 25.0 Å². The van der Waals surface area contributed by atoms with Crippen LogP contribution in [0.5, 0.6) is 0 Å². The zero-order valence-electron chi connectivity index (χ0n) is 11.0. The third-order valence-corrected chi connectivity index (χ3v) is 6.03. The van der Waals surface area contributed by atoms with Crippen LogP contribution in [0.4, 0.5) is 10.1 Å². The summed E-state index contributed by atoms with van der Waals surface area (Å²) in [5, 5.41) is 10.9. The smallest absolute Gasteiger partial charge is 0.258 e. The first-order valence-corrected chi connectivity index (χ1v) is 8.81. The molecule has 0 aliphatic heterocycles. The monoisotopic (exact) mass is 380 g/mol. The van der Waals surface area contributed by atoms with Gasteiger partial charge in [0.2, 0.25) is 10.0 Å². The summed E-state index contributed by atoms with van der Waals surface area (Å²) in [6, 6.07) is 2.10. The Bertz CT molecular complexity index is 653. The van der Waals surface area contributed by atoms with Crippen molar-refractivity contribution >= 4 is 31.6 Å². The highest BCUT2D eigenvalue weighted by molar-refractivity contribution is 9.09. The minimum atomic E-state index is -4.07. The fraction of sp³-hybridized carbons (Fsp3) is 0.500. The van der Waals surface area contributed by atoms with E-state index in [1.54, 1.807) is 0 Å². The van der Waals surface area contributed by atoms with Gasteiger partial charge in [0.15, 0.2) is 4.90 Å². The Labute approximate surface area is 130 Å². The molecule has 1 aliphatic carbocycles. The molecule has 0 saturated heterocycles. The van der Waals surface area contributed by atoms with Crippen LogP contribution in [0.25, 0.3) is 0 Å². The van der Waals surface area contributed by atoms with Crippen molar-refractivity contribution in [1.29, 1.82) is 0 Å². The number of nitrogens with one attached hydrogen (secondary N) is 1. The van der Waals surface area contributed by atoms with Crippen LogP contribution in [0, 0.1) is 15.9 Å². The molecule has 6 nitrogen and oxygen atoms in total. The molecular formula is C12H14BrFN2O4S. The van der Waals surface area contributed by atoms with Crippen LogP contribution >= 0.6 is 15.9 Å². The molecular weight excluding hydrogens is 367 g/mol. The van der Waals surface area contributed by atoms with E-state index in [4.69, 9.17) is 0 Å². The first-order chi connectivity index (χ1) is 9.81. The maximum atomic E-state index is 13.1. The zero-order valence-corrected chi connectivity index (χ0v) is 13.4. The average Bonchev–Trinajstić information content (AvgIpc) is 2.40. The minimum absolute atomic E-state index is 0.0134. The van der Waals surface area contributed by atoms with Crippen molar-refractivity contribution < 1.29 is 17.7 Å². The van der Waals surface area contributed by atoms with E-state index in [0.29, 0.717) is 12.5 Å². The van der Waals surface area contributed by atoms with Gasteiger partial charge in [-0.2, -0.15) is 0 Å². The number of rotatable bonds is 4. The van der Waals surface area contributed by atoms with Crippen molar-refractivity contribution in [1.82, 2.24) is 4.72 Å². The fourth-order valence-electron chi connectivity index (χ4n) is 2.34. The fourth-order valence-corrected chi connectivity index (χ4v) is 4.70. The van der Waals surface area contributed by atoms with Crippen LogP contribution in [0.15, 0.2) is 23.1 Å². The van der Waals surface area contributed by atoms with Gasteiger partial charge in [0, 0.05) is 10.9 Å². The van der Waals surface area contributed by atoms with Gasteiger partial charge in [-0.3, -0.25) is 10.1 Å². The minimum Gasteiger partial charge on any atom is -0.258 e. The highest BCUT2D eigenvalue weighted by Crippen LogP contribution is 2.28. The largest absolute Gasteiger partial charge is 0.292 e. The lowest BCUT2D eigenvalue weighted by molar-refractivity contribution is -0.388. The van der Waals surface area contributed by atoms with Gasteiger partial charge in [0.05, 0.1) is 11.0 Å². The van der Waals surface area contributed by atoms with Crippen LogP contribution in [-0.4, -0.2) is 24.2 Å². The van der Waals surface area contributed by atoms with Crippen molar-refractivity contribution in [3.8, 4) is 0 Å². The van der Waals surface area contributed by atoms with Crippen LogP contribution in [-0.2, 0) is 10.0 Å². The molecule has 1 aliphatic rings. The van der Waals surface area contributed by atoms with Crippen LogP contribution in [0.2, 0.25) is 0 Å². The quantitative estimate of drug-likeness (QED) is 0.493. The van der Waals surface area contributed by atoms with E-state index in [1.165, 1.54) is 0 Å². The summed E-state index contributed by atoms with van der Waals surface area (Å²) in [5.74, 6) is -0.850. The highest BCUT2D eigenvalue weighted by Gasteiger charge is 2.32. The van der Waals surface area contributed by atoms with E-state index < -0.39 is 31.3 Å². The summed E-state index contributed by atoms with van der Waals surface area (Å²) in [6.45, 7) is 0. The number of sulfonamides is 1. The van der Waals surface area contributed by atoms with Gasteiger partial charge in [-0.15, -0.1) is 0 Å². The van der Waals surface area contributed by atoms with Crippen LogP contribution in [0.3, 0.4) is 0 Å². The first-order valence-electron chi connectivity index (χ1n) is 6.41. The van der Waals surface area contributed by atoms with Crippen LogP contribution < -0.4 is 4.72 Å². The second-order valence-corrected chi connectivity index (χ2v) is 7.76. The number of halogens is 2. The molecule has 1 fully saturated rings. The Hall–Kier alpha value is -1.06. The zero-order chi connectivity index (χ0) is 15.6. The predicted octanol–water partition coefficient (Wildman–Crippen LogP) is 2.72. The third-order valence-electron chi connectivity index (χ3n) is 3.40. The molecule has 1 N–H and O–H groups in total. The van der Waals surface area contributed by atoms with Gasteiger partial charge in [0.1, 0.15) is 5.82 Å². The van der Waals surface area contributed by atoms with E-state index in [1.807, 2.05) is 0 Å². The number of alkyl halides is 1. The molecule has 1 saturated carbocycles. The van der Waals surface area contributed by atoms with E-state index in [2.05, 4.69) is 20.7 Å². The average molecular weight is 381 g/mol. The summed E-state index contributed by atoms with van der Waals surface area (Å²) in [4.78, 5) is 9.49. The second kappa shape index (κ2) is 6.37. The van der Waals surface area contributed by atoms with Crippen molar-refractivity contribution in [3.63, 3.8) is 0 Å². The lowest BCUT2D eigenvalue weighted by Crippen LogP contribution is -2.42. The van der Waals surface area contributed by atoms with E-state index >= 15 is 0 Å². The maximum Gasteiger partial charge on any atom is 0.292 e. The lowest BCUT2D eigenvalue weighted by Gasteiger charge is -2.27. The Morgan fingerprint density at radius 3 is 2.62 bits per heavy atom. The van der Waals surface area contributed by atoms with Gasteiger partial charge in [-0.1, -0.05) is 28.8 Å². The molecule has 2 rings (SSSR count). The third kappa shape index (κ3) is 3.78. The molecule has 1 aromatic rings. The molecule has 0 aromatic heterocycles. The van der Waals surface area contributed by atoms with Crippen molar-refractivity contribution in [3.05, 3.63) is 34.1 Å². The number of nitrogens with zero attached hydrogens (tertiary/aromatic N) is 1. The van der Waals surface area contributed by atoms with Gasteiger partial charge >= 0.3 is 0 Å². The Morgan fingerprint density at radius 1 is 1.33 bits per heavy atom. The van der Waals surface area contributed by atoms with Crippen molar-refractivity contribution in [2.45, 2.75) is 41.4 Å². The number of benzene rings is 1. The van der Waals surface area contributed by atoms with Gasteiger partial charge < -0.3 is 0 Å². The molecule has 9 heteroatoms. The lowest BCUT2D eigenvalue weighted by atomic mass is 9.96. The summed E-state index contributed by atoms with van der Waals surface area (Å²) in [6.07, 6.45) is 3.38. The molecule has 2 atom stereocenters. The van der Waals surface area contributed by atoms with Crippen molar-refractivity contribution in [2.24, 2.45) is 0 Å². The van der Waals surface area contributed by atoms with Gasteiger partial charge in [0.25, 0.3) is 5.69 Å². The molecule has 0 amide bonds. The molecule has 21 heavy (non-hydrogen) atoms. The normalized spacial score (nSPS) is 23.0. The van der Waals surface area contributed by atoms with E-state index in [9.17, 15) is 22.9 Å².